The van der Waals surface area contributed by atoms with Crippen molar-refractivity contribution in [3.63, 3.8) is 0 Å². The highest BCUT2D eigenvalue weighted by Crippen LogP contribution is 2.21. The van der Waals surface area contributed by atoms with E-state index in [9.17, 15) is 14.8 Å². The van der Waals surface area contributed by atoms with Crippen LogP contribution < -0.4 is 10.9 Å². The highest BCUT2D eigenvalue weighted by molar-refractivity contribution is 6.34. The molecule has 0 aromatic carbocycles. The SMILES string of the molecule is CCc1cc2c(C(=O)N=c3c(Cl)cn(O)cc3Cl)c[nH]c(=O)c2o1. The molecule has 3 heterocycles. The summed E-state index contributed by atoms with van der Waals surface area (Å²) in [6.45, 7) is 1.87. The summed E-state index contributed by atoms with van der Waals surface area (Å²) in [7, 11) is 0. The summed E-state index contributed by atoms with van der Waals surface area (Å²) in [4.78, 5) is 30.7. The molecule has 0 atom stereocenters. The predicted molar refractivity (Wildman–Crippen MR) is 87.7 cm³/mol. The third-order valence-electron chi connectivity index (χ3n) is 3.36. The number of furan rings is 1. The molecule has 0 saturated heterocycles. The van der Waals surface area contributed by atoms with Crippen LogP contribution in [0.3, 0.4) is 0 Å². The number of nitrogens with zero attached hydrogens (tertiary/aromatic N) is 2. The van der Waals surface area contributed by atoms with Crippen LogP contribution in [0.5, 0.6) is 0 Å². The van der Waals surface area contributed by atoms with Gasteiger partial charge in [0.15, 0.2) is 5.58 Å². The van der Waals surface area contributed by atoms with Crippen LogP contribution in [0.2, 0.25) is 10.0 Å². The number of carbonyl (C=O) groups is 1. The lowest BCUT2D eigenvalue weighted by atomic mass is 10.1. The third kappa shape index (κ3) is 2.83. The molecule has 0 aliphatic carbocycles. The van der Waals surface area contributed by atoms with Crippen molar-refractivity contribution in [2.24, 2.45) is 4.99 Å². The molecule has 0 saturated carbocycles. The van der Waals surface area contributed by atoms with Gasteiger partial charge in [0.2, 0.25) is 0 Å². The summed E-state index contributed by atoms with van der Waals surface area (Å²) in [5.74, 6) is -0.0768. The van der Waals surface area contributed by atoms with Crippen LogP contribution in [0.4, 0.5) is 0 Å². The first kappa shape index (κ1) is 16.4. The zero-order valence-electron chi connectivity index (χ0n) is 12.3. The zero-order valence-corrected chi connectivity index (χ0v) is 13.9. The summed E-state index contributed by atoms with van der Waals surface area (Å²) in [6.07, 6.45) is 4.14. The number of aromatic nitrogens is 2. The number of nitrogens with one attached hydrogen (secondary N) is 1. The zero-order chi connectivity index (χ0) is 17.4. The smallest absolute Gasteiger partial charge is 0.291 e. The number of fused-ring (bicyclic) bond motifs is 1. The van der Waals surface area contributed by atoms with Crippen LogP contribution in [0, 0.1) is 0 Å². The first-order valence-corrected chi connectivity index (χ1v) is 7.66. The maximum Gasteiger partial charge on any atom is 0.291 e. The van der Waals surface area contributed by atoms with Gasteiger partial charge in [-0.25, -0.2) is 4.99 Å². The van der Waals surface area contributed by atoms with Gasteiger partial charge in [-0.15, -0.1) is 0 Å². The monoisotopic (exact) mass is 367 g/mol. The van der Waals surface area contributed by atoms with Crippen molar-refractivity contribution in [3.05, 3.63) is 61.7 Å². The number of hydrogen-bond donors (Lipinski definition) is 2. The Morgan fingerprint density at radius 2 is 2.04 bits per heavy atom. The van der Waals surface area contributed by atoms with Gasteiger partial charge in [-0.05, 0) is 6.07 Å². The Morgan fingerprint density at radius 3 is 2.67 bits per heavy atom. The fourth-order valence-corrected chi connectivity index (χ4v) is 2.75. The van der Waals surface area contributed by atoms with Crippen molar-refractivity contribution in [2.75, 3.05) is 0 Å². The lowest BCUT2D eigenvalue weighted by Crippen LogP contribution is -2.14. The van der Waals surface area contributed by atoms with Crippen LogP contribution in [-0.4, -0.2) is 20.8 Å². The lowest BCUT2D eigenvalue weighted by Gasteiger charge is -2.01. The molecule has 9 heteroatoms. The van der Waals surface area contributed by atoms with E-state index >= 15 is 0 Å². The first-order chi connectivity index (χ1) is 11.4. The molecule has 0 bridgehead atoms. The summed E-state index contributed by atoms with van der Waals surface area (Å²) >= 11 is 11.9. The number of aromatic amines is 1. The fraction of sp³-hybridized carbons (Fsp3) is 0.133. The number of pyridine rings is 2. The Kier molecular flexibility index (Phi) is 4.21. The topological polar surface area (TPSA) is 101 Å². The second-order valence-electron chi connectivity index (χ2n) is 4.94. The minimum Gasteiger partial charge on any atom is -0.455 e. The maximum atomic E-state index is 12.5. The molecule has 7 nitrogen and oxygen atoms in total. The fourth-order valence-electron chi connectivity index (χ4n) is 2.22. The van der Waals surface area contributed by atoms with Crippen LogP contribution in [0.25, 0.3) is 11.0 Å². The van der Waals surface area contributed by atoms with E-state index in [1.54, 1.807) is 6.07 Å². The Hall–Kier alpha value is -2.51. The van der Waals surface area contributed by atoms with Gasteiger partial charge in [-0.2, -0.15) is 4.73 Å². The largest absolute Gasteiger partial charge is 0.455 e. The number of amides is 1. The molecular weight excluding hydrogens is 357 g/mol. The van der Waals surface area contributed by atoms with Crippen molar-refractivity contribution in [2.45, 2.75) is 13.3 Å². The summed E-state index contributed by atoms with van der Waals surface area (Å²) in [6, 6.07) is 1.63. The van der Waals surface area contributed by atoms with Crippen LogP contribution in [0.1, 0.15) is 23.0 Å². The lowest BCUT2D eigenvalue weighted by molar-refractivity contribution is 0.0999. The third-order valence-corrected chi connectivity index (χ3v) is 3.92. The Labute approximate surface area is 144 Å². The quantitative estimate of drug-likeness (QED) is 0.680. The first-order valence-electron chi connectivity index (χ1n) is 6.90. The molecular formula is C15H11Cl2N3O4. The maximum absolute atomic E-state index is 12.5. The van der Waals surface area contributed by atoms with Gasteiger partial charge in [0.1, 0.15) is 11.1 Å². The molecule has 1 amide bonds. The Morgan fingerprint density at radius 1 is 1.38 bits per heavy atom. The summed E-state index contributed by atoms with van der Waals surface area (Å²) in [5.41, 5.74) is -0.217. The van der Waals surface area contributed by atoms with E-state index in [1.165, 1.54) is 6.20 Å². The Balaban J connectivity index is 2.20. The van der Waals surface area contributed by atoms with Gasteiger partial charge < -0.3 is 14.6 Å². The minimum absolute atomic E-state index is 0.000425. The van der Waals surface area contributed by atoms with Gasteiger partial charge in [0.25, 0.3) is 11.5 Å². The second-order valence-corrected chi connectivity index (χ2v) is 5.75. The van der Waals surface area contributed by atoms with Gasteiger partial charge in [0.05, 0.1) is 28.0 Å². The van der Waals surface area contributed by atoms with E-state index in [1.807, 2.05) is 6.92 Å². The van der Waals surface area contributed by atoms with Crippen LogP contribution in [0.15, 0.2) is 38.9 Å². The van der Waals surface area contributed by atoms with Gasteiger partial charge in [-0.1, -0.05) is 30.1 Å². The van der Waals surface area contributed by atoms with Crippen LogP contribution >= 0.6 is 23.2 Å². The number of H-pyrrole nitrogens is 1. The molecule has 0 radical (unpaired) electrons. The van der Waals surface area contributed by atoms with E-state index in [0.717, 1.165) is 12.4 Å². The molecule has 124 valence electrons. The number of rotatable bonds is 2. The molecule has 3 rings (SSSR count). The molecule has 0 aliphatic rings. The number of halogens is 2. The van der Waals surface area contributed by atoms with Crippen molar-refractivity contribution < 1.29 is 14.4 Å². The highest BCUT2D eigenvalue weighted by atomic mass is 35.5. The average molecular weight is 368 g/mol. The van der Waals surface area contributed by atoms with Crippen molar-refractivity contribution in [3.8, 4) is 0 Å². The molecule has 0 aliphatic heterocycles. The summed E-state index contributed by atoms with van der Waals surface area (Å²) < 4.78 is 6.09. The van der Waals surface area contributed by atoms with Gasteiger partial charge >= 0.3 is 0 Å². The highest BCUT2D eigenvalue weighted by Gasteiger charge is 2.16. The van der Waals surface area contributed by atoms with E-state index in [2.05, 4.69) is 9.98 Å². The van der Waals surface area contributed by atoms with Crippen molar-refractivity contribution in [1.82, 2.24) is 9.71 Å². The molecule has 24 heavy (non-hydrogen) atoms. The van der Waals surface area contributed by atoms with Crippen molar-refractivity contribution >= 4 is 40.1 Å². The van der Waals surface area contributed by atoms with E-state index in [0.29, 0.717) is 22.3 Å². The average Bonchev–Trinajstić information content (AvgIpc) is 2.96. The number of aryl methyl sites for hydroxylation is 1. The normalized spacial score (nSPS) is 11.0. The molecule has 3 aromatic rings. The van der Waals surface area contributed by atoms with Crippen molar-refractivity contribution in [1.29, 1.82) is 0 Å². The molecule has 0 spiro atoms. The molecule has 2 N–H and O–H groups in total. The molecule has 0 unspecified atom stereocenters. The Bertz CT molecular complexity index is 1050. The predicted octanol–water partition coefficient (Wildman–Crippen LogP) is 2.77. The second kappa shape index (κ2) is 6.18. The van der Waals surface area contributed by atoms with E-state index in [-0.39, 0.29) is 26.5 Å². The van der Waals surface area contributed by atoms with Gasteiger partial charge in [-0.3, -0.25) is 9.59 Å². The van der Waals surface area contributed by atoms with Crippen LogP contribution in [-0.2, 0) is 6.42 Å². The van der Waals surface area contributed by atoms with E-state index < -0.39 is 11.5 Å². The minimum atomic E-state index is -0.654. The molecule has 3 aromatic heterocycles. The standard InChI is InChI=1S/C15H11Cl2N3O4/c1-2-7-3-8-9(4-18-15(22)13(8)24-7)14(21)19-12-10(16)5-20(23)6-11(12)17/h3-6,23H,2H2,1H3,(H,18,22). The summed E-state index contributed by atoms with van der Waals surface area (Å²) in [5, 5.41) is 9.73. The number of hydrogen-bond acceptors (Lipinski definition) is 4. The number of carbonyl (C=O) groups excluding carboxylic acids is 1. The molecule has 0 fully saturated rings. The van der Waals surface area contributed by atoms with Gasteiger partial charge in [0, 0.05) is 18.0 Å². The van der Waals surface area contributed by atoms with E-state index in [4.69, 9.17) is 27.6 Å².